The Hall–Kier alpha value is -1.62. The number of hydrogen-bond donors (Lipinski definition) is 0. The van der Waals surface area contributed by atoms with E-state index < -0.39 is 0 Å². The van der Waals surface area contributed by atoms with Crippen molar-refractivity contribution in [3.8, 4) is 16.5 Å². The third kappa shape index (κ3) is 3.53. The molecule has 106 valence electrons. The smallest absolute Gasteiger partial charge is 0.142 e. The zero-order valence-corrected chi connectivity index (χ0v) is 13.1. The normalized spacial score (nSPS) is 10.6. The fourth-order valence-corrected chi connectivity index (χ4v) is 2.97. The van der Waals surface area contributed by atoms with Crippen molar-refractivity contribution in [1.29, 1.82) is 0 Å². The van der Waals surface area contributed by atoms with Gasteiger partial charge in [-0.1, -0.05) is 29.3 Å². The molecular formula is C15H10Cl2N2OS. The SMILES string of the molecule is Clc1ccc(OCc2csc(-c3ccccn3)n2)c(Cl)c1. The predicted molar refractivity (Wildman–Crippen MR) is 86.1 cm³/mol. The Morgan fingerprint density at radius 2 is 2.05 bits per heavy atom. The van der Waals surface area contributed by atoms with Crippen molar-refractivity contribution in [2.24, 2.45) is 0 Å². The monoisotopic (exact) mass is 336 g/mol. The first-order valence-corrected chi connectivity index (χ1v) is 7.79. The zero-order valence-electron chi connectivity index (χ0n) is 10.8. The summed E-state index contributed by atoms with van der Waals surface area (Å²) in [6.45, 7) is 0.352. The van der Waals surface area contributed by atoms with Gasteiger partial charge in [0.25, 0.3) is 0 Å². The molecular weight excluding hydrogens is 327 g/mol. The zero-order chi connectivity index (χ0) is 14.7. The molecule has 3 nitrogen and oxygen atoms in total. The summed E-state index contributed by atoms with van der Waals surface area (Å²) in [5.74, 6) is 0.591. The van der Waals surface area contributed by atoms with Gasteiger partial charge in [0.15, 0.2) is 0 Å². The molecule has 0 fully saturated rings. The van der Waals surface area contributed by atoms with Gasteiger partial charge >= 0.3 is 0 Å². The molecule has 2 aromatic heterocycles. The Morgan fingerprint density at radius 1 is 1.14 bits per heavy atom. The number of pyridine rings is 1. The molecule has 0 aliphatic heterocycles. The summed E-state index contributed by atoms with van der Waals surface area (Å²) in [6, 6.07) is 10.9. The predicted octanol–water partition coefficient (Wildman–Crippen LogP) is 5.09. The number of hydrogen-bond acceptors (Lipinski definition) is 4. The van der Waals surface area contributed by atoms with Gasteiger partial charge in [-0.3, -0.25) is 4.98 Å². The Kier molecular flexibility index (Phi) is 4.39. The summed E-state index contributed by atoms with van der Waals surface area (Å²) >= 11 is 13.4. The highest BCUT2D eigenvalue weighted by molar-refractivity contribution is 7.13. The van der Waals surface area contributed by atoms with E-state index >= 15 is 0 Å². The topological polar surface area (TPSA) is 35.0 Å². The van der Waals surface area contributed by atoms with Gasteiger partial charge < -0.3 is 4.74 Å². The van der Waals surface area contributed by atoms with E-state index in [-0.39, 0.29) is 0 Å². The molecule has 0 saturated carbocycles. The molecule has 0 radical (unpaired) electrons. The van der Waals surface area contributed by atoms with Gasteiger partial charge in [-0.25, -0.2) is 4.98 Å². The van der Waals surface area contributed by atoms with E-state index in [1.165, 1.54) is 11.3 Å². The second kappa shape index (κ2) is 6.43. The van der Waals surface area contributed by atoms with Gasteiger partial charge in [0, 0.05) is 16.6 Å². The van der Waals surface area contributed by atoms with Crippen LogP contribution in [-0.4, -0.2) is 9.97 Å². The van der Waals surface area contributed by atoms with E-state index in [0.717, 1.165) is 16.4 Å². The third-order valence-corrected chi connectivity index (χ3v) is 4.15. The van der Waals surface area contributed by atoms with Gasteiger partial charge in [0.1, 0.15) is 17.4 Å². The second-order valence-corrected chi connectivity index (χ2v) is 5.92. The van der Waals surface area contributed by atoms with Gasteiger partial charge in [-0.15, -0.1) is 11.3 Å². The summed E-state index contributed by atoms with van der Waals surface area (Å²) < 4.78 is 5.66. The fraction of sp³-hybridized carbons (Fsp3) is 0.0667. The van der Waals surface area contributed by atoms with Gasteiger partial charge in [-0.05, 0) is 30.3 Å². The van der Waals surface area contributed by atoms with Crippen molar-refractivity contribution in [3.63, 3.8) is 0 Å². The van der Waals surface area contributed by atoms with Gasteiger partial charge in [0.05, 0.1) is 16.4 Å². The van der Waals surface area contributed by atoms with E-state index in [1.807, 2.05) is 23.6 Å². The molecule has 0 aliphatic carbocycles. The maximum atomic E-state index is 6.06. The third-order valence-electron chi connectivity index (χ3n) is 2.71. The summed E-state index contributed by atoms with van der Waals surface area (Å²) in [6.07, 6.45) is 1.75. The molecule has 0 unspecified atom stereocenters. The number of thiazole rings is 1. The molecule has 0 bridgehead atoms. The first-order valence-electron chi connectivity index (χ1n) is 6.16. The number of halogens is 2. The Morgan fingerprint density at radius 3 is 2.81 bits per heavy atom. The largest absolute Gasteiger partial charge is 0.486 e. The molecule has 21 heavy (non-hydrogen) atoms. The van der Waals surface area contributed by atoms with Crippen molar-refractivity contribution in [3.05, 3.63) is 63.7 Å². The summed E-state index contributed by atoms with van der Waals surface area (Å²) in [5.41, 5.74) is 1.70. The number of aromatic nitrogens is 2. The Labute approximate surface area is 136 Å². The molecule has 1 aromatic carbocycles. The minimum atomic E-state index is 0.352. The highest BCUT2D eigenvalue weighted by Gasteiger charge is 2.07. The van der Waals surface area contributed by atoms with Crippen molar-refractivity contribution >= 4 is 34.5 Å². The average molecular weight is 337 g/mol. The fourth-order valence-electron chi connectivity index (χ4n) is 1.72. The van der Waals surface area contributed by atoms with E-state index in [1.54, 1.807) is 24.4 Å². The number of ether oxygens (including phenoxy) is 1. The van der Waals surface area contributed by atoms with E-state index in [9.17, 15) is 0 Å². The molecule has 0 saturated heterocycles. The van der Waals surface area contributed by atoms with Crippen molar-refractivity contribution in [2.45, 2.75) is 6.61 Å². The minimum Gasteiger partial charge on any atom is -0.486 e. The van der Waals surface area contributed by atoms with Crippen LogP contribution >= 0.6 is 34.5 Å². The molecule has 6 heteroatoms. The molecule has 0 aliphatic rings. The average Bonchev–Trinajstić information content (AvgIpc) is 2.96. The molecule has 2 heterocycles. The van der Waals surface area contributed by atoms with Crippen LogP contribution in [0.3, 0.4) is 0 Å². The number of benzene rings is 1. The molecule has 0 N–H and O–H groups in total. The molecule has 0 amide bonds. The van der Waals surface area contributed by atoms with Crippen LogP contribution in [0, 0.1) is 0 Å². The first kappa shape index (κ1) is 14.3. The van der Waals surface area contributed by atoms with Crippen LogP contribution in [0.4, 0.5) is 0 Å². The molecule has 0 spiro atoms. The van der Waals surface area contributed by atoms with Crippen molar-refractivity contribution in [2.75, 3.05) is 0 Å². The van der Waals surface area contributed by atoms with Gasteiger partial charge in [0.2, 0.25) is 0 Å². The highest BCUT2D eigenvalue weighted by Crippen LogP contribution is 2.28. The second-order valence-electron chi connectivity index (χ2n) is 4.22. The maximum Gasteiger partial charge on any atom is 0.142 e. The van der Waals surface area contributed by atoms with Crippen molar-refractivity contribution < 1.29 is 4.74 Å². The molecule has 3 aromatic rings. The summed E-state index contributed by atoms with van der Waals surface area (Å²) in [4.78, 5) is 8.78. The molecule has 3 rings (SSSR count). The van der Waals surface area contributed by atoms with E-state index in [4.69, 9.17) is 27.9 Å². The lowest BCUT2D eigenvalue weighted by Gasteiger charge is -2.06. The van der Waals surface area contributed by atoms with Crippen molar-refractivity contribution in [1.82, 2.24) is 9.97 Å². The number of nitrogens with zero attached hydrogens (tertiary/aromatic N) is 2. The van der Waals surface area contributed by atoms with Crippen LogP contribution in [0.5, 0.6) is 5.75 Å². The minimum absolute atomic E-state index is 0.352. The lowest BCUT2D eigenvalue weighted by molar-refractivity contribution is 0.302. The van der Waals surface area contributed by atoms with Crippen LogP contribution in [0.1, 0.15) is 5.69 Å². The van der Waals surface area contributed by atoms with Crippen LogP contribution in [-0.2, 0) is 6.61 Å². The van der Waals surface area contributed by atoms with Crippen LogP contribution in [0.25, 0.3) is 10.7 Å². The first-order chi connectivity index (χ1) is 10.2. The summed E-state index contributed by atoms with van der Waals surface area (Å²) in [7, 11) is 0. The number of rotatable bonds is 4. The van der Waals surface area contributed by atoms with E-state index in [0.29, 0.717) is 22.4 Å². The lowest BCUT2D eigenvalue weighted by atomic mass is 10.3. The Balaban J connectivity index is 1.70. The maximum absolute atomic E-state index is 6.06. The van der Waals surface area contributed by atoms with Crippen LogP contribution in [0.2, 0.25) is 10.0 Å². The molecule has 0 atom stereocenters. The van der Waals surface area contributed by atoms with Gasteiger partial charge in [-0.2, -0.15) is 0 Å². The standard InChI is InChI=1S/C15H10Cl2N2OS/c16-10-4-5-14(12(17)7-10)20-8-11-9-21-15(19-11)13-3-1-2-6-18-13/h1-7,9H,8H2. The summed E-state index contributed by atoms with van der Waals surface area (Å²) in [5, 5.41) is 3.89. The highest BCUT2D eigenvalue weighted by atomic mass is 35.5. The van der Waals surface area contributed by atoms with E-state index in [2.05, 4.69) is 9.97 Å². The van der Waals surface area contributed by atoms with Crippen LogP contribution < -0.4 is 4.74 Å². The van der Waals surface area contributed by atoms with Crippen LogP contribution in [0.15, 0.2) is 48.0 Å². The lowest BCUT2D eigenvalue weighted by Crippen LogP contribution is -1.96. The Bertz CT molecular complexity index is 746. The quantitative estimate of drug-likeness (QED) is 0.665.